The maximum absolute atomic E-state index is 13.2. The normalized spacial score (nSPS) is 14.4. The van der Waals surface area contributed by atoms with E-state index in [1.807, 2.05) is 49.4 Å². The first-order valence-electron chi connectivity index (χ1n) is 11.1. The third-order valence-electron chi connectivity index (χ3n) is 5.48. The van der Waals surface area contributed by atoms with E-state index >= 15 is 0 Å². The highest BCUT2D eigenvalue weighted by atomic mass is 16.5. The van der Waals surface area contributed by atoms with E-state index < -0.39 is 0 Å². The Morgan fingerprint density at radius 1 is 0.968 bits per heavy atom. The van der Waals surface area contributed by atoms with Gasteiger partial charge in [-0.05, 0) is 24.1 Å². The molecule has 0 atom stereocenters. The summed E-state index contributed by atoms with van der Waals surface area (Å²) < 4.78 is 10.9. The van der Waals surface area contributed by atoms with Gasteiger partial charge in [0.25, 0.3) is 0 Å². The Bertz CT molecular complexity index is 788. The van der Waals surface area contributed by atoms with Crippen LogP contribution in [0, 0.1) is 0 Å². The second kappa shape index (κ2) is 12.3. The van der Waals surface area contributed by atoms with E-state index in [9.17, 15) is 9.59 Å². The first-order chi connectivity index (χ1) is 15.2. The van der Waals surface area contributed by atoms with Gasteiger partial charge in [-0.1, -0.05) is 37.3 Å². The van der Waals surface area contributed by atoms with Crippen molar-refractivity contribution in [1.82, 2.24) is 14.7 Å². The minimum absolute atomic E-state index is 0.00740. The summed E-state index contributed by atoms with van der Waals surface area (Å²) in [7, 11) is 0. The molecule has 2 heterocycles. The smallest absolute Gasteiger partial charge is 0.242 e. The number of nitrogens with zero attached hydrogens (tertiary/aromatic N) is 3. The summed E-state index contributed by atoms with van der Waals surface area (Å²) in [5, 5.41) is 0. The summed E-state index contributed by atoms with van der Waals surface area (Å²) in [6.07, 6.45) is 2.84. The predicted octanol–water partition coefficient (Wildman–Crippen LogP) is 2.77. The molecule has 0 N–H and O–H groups in total. The summed E-state index contributed by atoms with van der Waals surface area (Å²) in [6.45, 7) is 7.64. The molecule has 1 aliphatic heterocycles. The van der Waals surface area contributed by atoms with Gasteiger partial charge < -0.3 is 19.0 Å². The minimum atomic E-state index is -0.0755. The van der Waals surface area contributed by atoms with Gasteiger partial charge in [-0.3, -0.25) is 14.5 Å². The Hall–Kier alpha value is -2.64. The lowest BCUT2D eigenvalue weighted by atomic mass is 10.2. The van der Waals surface area contributed by atoms with Gasteiger partial charge in [0.1, 0.15) is 5.76 Å². The second-order valence-corrected chi connectivity index (χ2v) is 7.79. The summed E-state index contributed by atoms with van der Waals surface area (Å²) in [4.78, 5) is 31.6. The average Bonchev–Trinajstić information content (AvgIpc) is 3.32. The Labute approximate surface area is 184 Å². The maximum atomic E-state index is 13.2. The van der Waals surface area contributed by atoms with Crippen molar-refractivity contribution in [3.8, 4) is 0 Å². The molecular weight excluding hydrogens is 394 g/mol. The molecule has 0 spiro atoms. The largest absolute Gasteiger partial charge is 0.467 e. The van der Waals surface area contributed by atoms with Crippen LogP contribution in [0.2, 0.25) is 0 Å². The summed E-state index contributed by atoms with van der Waals surface area (Å²) in [6, 6.07) is 13.6. The quantitative estimate of drug-likeness (QED) is 0.552. The maximum Gasteiger partial charge on any atom is 0.242 e. The molecular formula is C24H33N3O4. The van der Waals surface area contributed by atoms with Crippen LogP contribution >= 0.6 is 0 Å². The van der Waals surface area contributed by atoms with Crippen LogP contribution in [-0.4, -0.2) is 72.5 Å². The molecule has 7 nitrogen and oxygen atoms in total. The minimum Gasteiger partial charge on any atom is -0.467 e. The molecule has 1 saturated heterocycles. The molecule has 2 amide bonds. The van der Waals surface area contributed by atoms with Crippen molar-refractivity contribution >= 4 is 11.8 Å². The first-order valence-corrected chi connectivity index (χ1v) is 11.1. The molecule has 1 aromatic carbocycles. The van der Waals surface area contributed by atoms with Crippen LogP contribution in [0.4, 0.5) is 0 Å². The van der Waals surface area contributed by atoms with Gasteiger partial charge in [0.15, 0.2) is 0 Å². The van der Waals surface area contributed by atoms with Crippen molar-refractivity contribution in [3.05, 3.63) is 60.1 Å². The Morgan fingerprint density at radius 3 is 2.42 bits per heavy atom. The van der Waals surface area contributed by atoms with Crippen LogP contribution in [0.1, 0.15) is 31.1 Å². The second-order valence-electron chi connectivity index (χ2n) is 7.79. The fourth-order valence-corrected chi connectivity index (χ4v) is 3.72. The van der Waals surface area contributed by atoms with Crippen LogP contribution in [0.15, 0.2) is 53.1 Å². The third-order valence-corrected chi connectivity index (χ3v) is 5.48. The number of hydrogen-bond donors (Lipinski definition) is 0. The molecule has 1 fully saturated rings. The van der Waals surface area contributed by atoms with E-state index in [0.29, 0.717) is 26.1 Å². The van der Waals surface area contributed by atoms with Crippen molar-refractivity contribution in [1.29, 1.82) is 0 Å². The lowest BCUT2D eigenvalue weighted by Gasteiger charge is -2.29. The number of rotatable bonds is 11. The number of morpholine rings is 1. The van der Waals surface area contributed by atoms with Crippen molar-refractivity contribution in [3.63, 3.8) is 0 Å². The number of carbonyl (C=O) groups is 2. The molecule has 0 aliphatic carbocycles. The molecule has 31 heavy (non-hydrogen) atoms. The van der Waals surface area contributed by atoms with E-state index in [-0.39, 0.29) is 18.4 Å². The zero-order valence-electron chi connectivity index (χ0n) is 18.4. The number of carbonyl (C=O) groups excluding carboxylic acids is 2. The Balaban J connectivity index is 1.61. The standard InChI is InChI=1S/C24H33N3O4/c1-2-23(28)26(12-7-11-25-13-16-30-17-14-25)20-24(29)27(19-22-10-6-15-31-22)18-21-8-4-3-5-9-21/h3-6,8-10,15H,2,7,11-14,16-20H2,1H3. The van der Waals surface area contributed by atoms with Gasteiger partial charge in [-0.2, -0.15) is 0 Å². The van der Waals surface area contributed by atoms with Crippen LogP contribution in [0.5, 0.6) is 0 Å². The first kappa shape index (κ1) is 23.0. The molecule has 168 valence electrons. The van der Waals surface area contributed by atoms with Crippen molar-refractivity contribution < 1.29 is 18.7 Å². The summed E-state index contributed by atoms with van der Waals surface area (Å²) in [5.41, 5.74) is 1.04. The van der Waals surface area contributed by atoms with Crippen LogP contribution in [-0.2, 0) is 27.4 Å². The summed E-state index contributed by atoms with van der Waals surface area (Å²) in [5.74, 6) is 0.659. The van der Waals surface area contributed by atoms with Crippen molar-refractivity contribution in [2.24, 2.45) is 0 Å². The highest BCUT2D eigenvalue weighted by molar-refractivity contribution is 5.84. The highest BCUT2D eigenvalue weighted by Gasteiger charge is 2.22. The number of benzene rings is 1. The molecule has 0 radical (unpaired) electrons. The topological polar surface area (TPSA) is 66.2 Å². The Kier molecular flexibility index (Phi) is 9.12. The fraction of sp³-hybridized carbons (Fsp3) is 0.500. The lowest BCUT2D eigenvalue weighted by molar-refractivity contribution is -0.141. The number of furan rings is 1. The fourth-order valence-electron chi connectivity index (χ4n) is 3.72. The van der Waals surface area contributed by atoms with Gasteiger partial charge >= 0.3 is 0 Å². The van der Waals surface area contributed by atoms with Crippen LogP contribution in [0.25, 0.3) is 0 Å². The monoisotopic (exact) mass is 427 g/mol. The summed E-state index contributed by atoms with van der Waals surface area (Å²) >= 11 is 0. The number of hydrogen-bond acceptors (Lipinski definition) is 5. The molecule has 0 unspecified atom stereocenters. The number of ether oxygens (including phenoxy) is 1. The molecule has 0 saturated carbocycles. The molecule has 1 aliphatic rings. The third kappa shape index (κ3) is 7.52. The van der Waals surface area contributed by atoms with Gasteiger partial charge in [0, 0.05) is 39.1 Å². The molecule has 1 aromatic heterocycles. The van der Waals surface area contributed by atoms with E-state index in [1.165, 1.54) is 0 Å². The van der Waals surface area contributed by atoms with Crippen LogP contribution in [0.3, 0.4) is 0 Å². The number of amides is 2. The zero-order chi connectivity index (χ0) is 21.9. The predicted molar refractivity (Wildman–Crippen MR) is 118 cm³/mol. The van der Waals surface area contributed by atoms with E-state index in [0.717, 1.165) is 50.6 Å². The Morgan fingerprint density at radius 2 is 1.74 bits per heavy atom. The lowest BCUT2D eigenvalue weighted by Crippen LogP contribution is -2.44. The van der Waals surface area contributed by atoms with Crippen LogP contribution < -0.4 is 0 Å². The van der Waals surface area contributed by atoms with E-state index in [4.69, 9.17) is 9.15 Å². The molecule has 7 heteroatoms. The van der Waals surface area contributed by atoms with E-state index in [1.54, 1.807) is 16.1 Å². The average molecular weight is 428 g/mol. The molecule has 3 rings (SSSR count). The van der Waals surface area contributed by atoms with Gasteiger partial charge in [-0.25, -0.2) is 0 Å². The molecule has 0 bridgehead atoms. The molecule has 2 aromatic rings. The highest BCUT2D eigenvalue weighted by Crippen LogP contribution is 2.12. The SMILES string of the molecule is CCC(=O)N(CCCN1CCOCC1)CC(=O)N(Cc1ccccc1)Cc1ccco1. The van der Waals surface area contributed by atoms with Gasteiger partial charge in [-0.15, -0.1) is 0 Å². The van der Waals surface area contributed by atoms with Gasteiger partial charge in [0.05, 0.1) is 32.6 Å². The zero-order valence-corrected chi connectivity index (χ0v) is 18.4. The van der Waals surface area contributed by atoms with Crippen molar-refractivity contribution in [2.75, 3.05) is 45.9 Å². The van der Waals surface area contributed by atoms with Gasteiger partial charge in [0.2, 0.25) is 11.8 Å². The van der Waals surface area contributed by atoms with Crippen molar-refractivity contribution in [2.45, 2.75) is 32.9 Å². The van der Waals surface area contributed by atoms with E-state index in [2.05, 4.69) is 4.90 Å².